The minimum atomic E-state index is -4.14. The van der Waals surface area contributed by atoms with E-state index in [2.05, 4.69) is 20.3 Å². The van der Waals surface area contributed by atoms with E-state index in [0.717, 1.165) is 11.1 Å². The number of H-pyrrole nitrogens is 1. The van der Waals surface area contributed by atoms with E-state index in [-0.39, 0.29) is 36.2 Å². The highest BCUT2D eigenvalue weighted by Gasteiger charge is 2.31. The highest BCUT2D eigenvalue weighted by molar-refractivity contribution is 7.89. The minimum Gasteiger partial charge on any atom is -0.494 e. The first-order valence-electron chi connectivity index (χ1n) is 13.5. The highest BCUT2D eigenvalue weighted by Crippen LogP contribution is 2.29. The largest absolute Gasteiger partial charge is 0.494 e. The summed E-state index contributed by atoms with van der Waals surface area (Å²) >= 11 is 0. The van der Waals surface area contributed by atoms with Crippen molar-refractivity contribution in [3.05, 3.63) is 89.7 Å². The van der Waals surface area contributed by atoms with E-state index in [0.29, 0.717) is 23.0 Å². The predicted octanol–water partition coefficient (Wildman–Crippen LogP) is 3.77. The molecule has 2 aromatic carbocycles. The Kier molecular flexibility index (Phi) is 9.94. The molecule has 2 atom stereocenters. The lowest BCUT2D eigenvalue weighted by Crippen LogP contribution is -2.50. The quantitative estimate of drug-likeness (QED) is 0.147. The van der Waals surface area contributed by atoms with Crippen LogP contribution in [0.25, 0.3) is 10.9 Å². The number of hydrogen-bond donors (Lipinski definition) is 5. The number of sulfonamides is 1. The number of carbonyl (C=O) groups is 1. The van der Waals surface area contributed by atoms with Gasteiger partial charge in [0.2, 0.25) is 10.0 Å². The number of rotatable bonds is 13. The molecule has 5 N–H and O–H groups in total. The van der Waals surface area contributed by atoms with Gasteiger partial charge in [0.15, 0.2) is 5.88 Å². The summed E-state index contributed by atoms with van der Waals surface area (Å²) in [5.74, 6) is -0.223. The monoisotopic (exact) mass is 593 g/mol. The van der Waals surface area contributed by atoms with Crippen molar-refractivity contribution in [1.82, 2.24) is 19.6 Å². The maximum absolute atomic E-state index is 13.9. The van der Waals surface area contributed by atoms with E-state index in [1.165, 1.54) is 22.7 Å². The summed E-state index contributed by atoms with van der Waals surface area (Å²) in [6, 6.07) is 16.2. The molecule has 0 radical (unpaired) electrons. The molecule has 4 rings (SSSR count). The van der Waals surface area contributed by atoms with Crippen molar-refractivity contribution in [1.29, 1.82) is 0 Å². The summed E-state index contributed by atoms with van der Waals surface area (Å²) in [4.78, 5) is 22.7. The first-order valence-corrected chi connectivity index (χ1v) is 14.9. The summed E-state index contributed by atoms with van der Waals surface area (Å²) in [6.07, 6.45) is 2.35. The molecular weight excluding hydrogens is 558 g/mol. The predicted molar refractivity (Wildman–Crippen MR) is 160 cm³/mol. The lowest BCUT2D eigenvalue weighted by molar-refractivity contribution is 0.0980. The fourth-order valence-electron chi connectivity index (χ4n) is 4.67. The third kappa shape index (κ3) is 7.72. The Labute approximate surface area is 244 Å². The number of nitrogens with one attached hydrogen (secondary N) is 2. The normalized spacial score (nSPS) is 13.6. The number of amides is 1. The lowest BCUT2D eigenvalue weighted by atomic mass is 10.0. The van der Waals surface area contributed by atoms with Crippen LogP contribution in [0.1, 0.15) is 30.5 Å². The van der Waals surface area contributed by atoms with Gasteiger partial charge in [-0.05, 0) is 53.8 Å². The number of aromatic nitrogens is 2. The van der Waals surface area contributed by atoms with Gasteiger partial charge in [0.1, 0.15) is 0 Å². The number of aromatic hydroxyl groups is 1. The molecule has 0 fully saturated rings. The lowest BCUT2D eigenvalue weighted by Gasteiger charge is -2.30. The van der Waals surface area contributed by atoms with Gasteiger partial charge in [-0.1, -0.05) is 44.2 Å². The summed E-state index contributed by atoms with van der Waals surface area (Å²) in [5, 5.41) is 33.8. The molecular formula is C30H35N5O6S. The van der Waals surface area contributed by atoms with Crippen molar-refractivity contribution >= 4 is 33.2 Å². The van der Waals surface area contributed by atoms with E-state index in [1.807, 2.05) is 56.3 Å². The molecule has 0 bridgehead atoms. The van der Waals surface area contributed by atoms with Crippen LogP contribution in [0.4, 0.5) is 4.79 Å². The molecule has 0 saturated heterocycles. The van der Waals surface area contributed by atoms with Crippen molar-refractivity contribution in [3.63, 3.8) is 0 Å². The van der Waals surface area contributed by atoms with E-state index in [1.54, 1.807) is 18.5 Å². The average Bonchev–Trinajstić information content (AvgIpc) is 3.27. The van der Waals surface area contributed by atoms with Crippen LogP contribution in [0.2, 0.25) is 0 Å². The zero-order valence-electron chi connectivity index (χ0n) is 23.4. The molecule has 2 heterocycles. The van der Waals surface area contributed by atoms with Crippen LogP contribution in [0.3, 0.4) is 0 Å². The Morgan fingerprint density at radius 2 is 1.79 bits per heavy atom. The van der Waals surface area contributed by atoms with Gasteiger partial charge in [-0.3, -0.25) is 9.98 Å². The topological polar surface area (TPSA) is 168 Å². The number of carboxylic acid groups (broad SMARTS) is 1. The first kappa shape index (κ1) is 30.7. The van der Waals surface area contributed by atoms with Crippen LogP contribution < -0.4 is 5.32 Å². The van der Waals surface area contributed by atoms with E-state index in [4.69, 9.17) is 0 Å². The van der Waals surface area contributed by atoms with E-state index >= 15 is 0 Å². The van der Waals surface area contributed by atoms with Gasteiger partial charge in [0.05, 0.1) is 29.1 Å². The Balaban J connectivity index is 1.62. The maximum atomic E-state index is 13.9. The standard InChI is InChI=1S/C30H35N5O6S/c1-20(2)18-35(19-28(36)27(34-30(38)39)14-21-6-4-3-5-7-21)42(40,41)23-8-9-26-24(15-23)25(29(37)33-26)17-32-16-22-10-12-31-13-11-22/h3-13,15,17,20,27-28,33-34,36-37H,14,16,18-19H2,1-2H3,(H,38,39). The first-order chi connectivity index (χ1) is 20.0. The maximum Gasteiger partial charge on any atom is 0.404 e. The summed E-state index contributed by atoms with van der Waals surface area (Å²) < 4.78 is 29.0. The number of nitrogens with zero attached hydrogens (tertiary/aromatic N) is 3. The van der Waals surface area contributed by atoms with Gasteiger partial charge in [0, 0.05) is 42.6 Å². The minimum absolute atomic E-state index is 0.0311. The SMILES string of the molecule is CC(C)CN(CC(O)C(Cc1ccccc1)NC(=O)O)S(=O)(=O)c1ccc2[nH]c(O)c(C=NCc3ccncc3)c2c1. The van der Waals surface area contributed by atoms with Crippen LogP contribution in [0, 0.1) is 5.92 Å². The van der Waals surface area contributed by atoms with Gasteiger partial charge in [-0.25, -0.2) is 13.2 Å². The molecule has 42 heavy (non-hydrogen) atoms. The van der Waals surface area contributed by atoms with Gasteiger partial charge < -0.3 is 25.6 Å². The third-order valence-corrected chi connectivity index (χ3v) is 8.53. The van der Waals surface area contributed by atoms with E-state index < -0.39 is 28.3 Å². The van der Waals surface area contributed by atoms with Gasteiger partial charge in [-0.15, -0.1) is 0 Å². The molecule has 0 aliphatic heterocycles. The molecule has 0 aliphatic carbocycles. The van der Waals surface area contributed by atoms with Crippen molar-refractivity contribution < 1.29 is 28.5 Å². The Bertz CT molecular complexity index is 1620. The molecule has 0 spiro atoms. The number of hydrogen-bond acceptors (Lipinski definition) is 7. The van der Waals surface area contributed by atoms with Crippen LogP contribution >= 0.6 is 0 Å². The Morgan fingerprint density at radius 3 is 2.45 bits per heavy atom. The van der Waals surface area contributed by atoms with Gasteiger partial charge in [0.25, 0.3) is 0 Å². The van der Waals surface area contributed by atoms with Crippen LogP contribution in [0.15, 0.2) is 82.9 Å². The second-order valence-electron chi connectivity index (χ2n) is 10.4. The van der Waals surface area contributed by atoms with Gasteiger partial charge >= 0.3 is 6.09 Å². The number of pyridine rings is 1. The zero-order valence-corrected chi connectivity index (χ0v) is 24.2. The Hall–Kier alpha value is -4.26. The molecule has 4 aromatic rings. The second kappa shape index (κ2) is 13.6. The fraction of sp³-hybridized carbons (Fsp3) is 0.300. The van der Waals surface area contributed by atoms with Crippen molar-refractivity contribution in [3.8, 4) is 5.88 Å². The number of aliphatic imine (C=N–C) groups is 1. The second-order valence-corrected chi connectivity index (χ2v) is 12.4. The molecule has 12 heteroatoms. The number of aliphatic hydroxyl groups excluding tert-OH is 1. The van der Waals surface area contributed by atoms with Crippen LogP contribution in [0.5, 0.6) is 5.88 Å². The number of fused-ring (bicyclic) bond motifs is 1. The zero-order chi connectivity index (χ0) is 30.3. The summed E-state index contributed by atoms with van der Waals surface area (Å²) in [6.45, 7) is 3.84. The number of aliphatic hydroxyl groups is 1. The summed E-state index contributed by atoms with van der Waals surface area (Å²) in [7, 11) is -4.14. The summed E-state index contributed by atoms with van der Waals surface area (Å²) in [5.41, 5.74) is 2.60. The Morgan fingerprint density at radius 1 is 1.07 bits per heavy atom. The molecule has 11 nitrogen and oxygen atoms in total. The highest BCUT2D eigenvalue weighted by atomic mass is 32.2. The average molecular weight is 594 g/mol. The fourth-order valence-corrected chi connectivity index (χ4v) is 6.32. The van der Waals surface area contributed by atoms with Crippen molar-refractivity contribution in [2.75, 3.05) is 13.1 Å². The van der Waals surface area contributed by atoms with Gasteiger partial charge in [-0.2, -0.15) is 4.31 Å². The molecule has 1 amide bonds. The van der Waals surface area contributed by atoms with E-state index in [9.17, 15) is 28.5 Å². The van der Waals surface area contributed by atoms with Crippen LogP contribution in [-0.2, 0) is 23.0 Å². The molecule has 0 saturated carbocycles. The molecule has 2 unspecified atom stereocenters. The number of benzene rings is 2. The third-order valence-electron chi connectivity index (χ3n) is 6.70. The smallest absolute Gasteiger partial charge is 0.404 e. The molecule has 0 aliphatic rings. The van der Waals surface area contributed by atoms with Crippen molar-refractivity contribution in [2.45, 2.75) is 43.9 Å². The number of aromatic amines is 1. The van der Waals surface area contributed by atoms with Crippen LogP contribution in [-0.4, -0.2) is 75.6 Å². The molecule has 2 aromatic heterocycles. The molecule has 222 valence electrons. The van der Waals surface area contributed by atoms with Crippen molar-refractivity contribution in [2.24, 2.45) is 10.9 Å².